The molecule has 122 valence electrons. The molecule has 0 unspecified atom stereocenters. The summed E-state index contributed by atoms with van der Waals surface area (Å²) in [4.78, 5) is 9.19. The highest BCUT2D eigenvalue weighted by Gasteiger charge is 2.35. The highest BCUT2D eigenvalue weighted by Crippen LogP contribution is 2.28. The molecule has 0 saturated heterocycles. The van der Waals surface area contributed by atoms with Crippen LogP contribution in [0.5, 0.6) is 0 Å². The number of halogens is 5. The van der Waals surface area contributed by atoms with Gasteiger partial charge < -0.3 is 0 Å². The van der Waals surface area contributed by atoms with Crippen molar-refractivity contribution in [3.8, 4) is 0 Å². The Labute approximate surface area is 141 Å². The molecular formula is C15H12Cl2F3N3. The van der Waals surface area contributed by atoms with E-state index in [1.807, 2.05) is 6.07 Å². The van der Waals surface area contributed by atoms with E-state index in [0.717, 1.165) is 11.1 Å². The molecule has 0 radical (unpaired) electrons. The van der Waals surface area contributed by atoms with Crippen molar-refractivity contribution in [2.24, 2.45) is 0 Å². The van der Waals surface area contributed by atoms with E-state index in [4.69, 9.17) is 23.2 Å². The summed E-state index contributed by atoms with van der Waals surface area (Å²) in [7, 11) is 0. The smallest absolute Gasteiger partial charge is 0.294 e. The van der Waals surface area contributed by atoms with E-state index < -0.39 is 12.0 Å². The number of hydrogen-bond acceptors (Lipinski definition) is 3. The van der Waals surface area contributed by atoms with Crippen molar-refractivity contribution >= 4 is 23.2 Å². The van der Waals surface area contributed by atoms with Crippen molar-refractivity contribution in [1.29, 1.82) is 0 Å². The Balaban J connectivity index is 1.74. The molecular weight excluding hydrogens is 350 g/mol. The third kappa shape index (κ3) is 3.76. The van der Waals surface area contributed by atoms with Crippen LogP contribution in [0.15, 0.2) is 24.4 Å². The van der Waals surface area contributed by atoms with E-state index in [-0.39, 0.29) is 0 Å². The summed E-state index contributed by atoms with van der Waals surface area (Å²) < 4.78 is 37.9. The molecule has 23 heavy (non-hydrogen) atoms. The van der Waals surface area contributed by atoms with Crippen molar-refractivity contribution in [2.75, 3.05) is 6.54 Å². The van der Waals surface area contributed by atoms with E-state index in [2.05, 4.69) is 14.9 Å². The highest BCUT2D eigenvalue weighted by atomic mass is 35.5. The van der Waals surface area contributed by atoms with Crippen LogP contribution in [0.4, 0.5) is 13.2 Å². The third-order valence-corrected chi connectivity index (χ3v) is 4.40. The zero-order valence-corrected chi connectivity index (χ0v) is 13.4. The molecule has 1 aromatic heterocycles. The first-order valence-corrected chi connectivity index (χ1v) is 7.67. The molecule has 0 amide bonds. The van der Waals surface area contributed by atoms with Crippen molar-refractivity contribution < 1.29 is 13.2 Å². The lowest BCUT2D eigenvalue weighted by molar-refractivity contribution is -0.145. The second-order valence-corrected chi connectivity index (χ2v) is 6.19. The van der Waals surface area contributed by atoms with Crippen LogP contribution >= 0.6 is 23.2 Å². The molecule has 0 atom stereocenters. The summed E-state index contributed by atoms with van der Waals surface area (Å²) in [5, 5.41) is 0.979. The number of nitrogens with zero attached hydrogens (tertiary/aromatic N) is 3. The first-order valence-electron chi connectivity index (χ1n) is 6.91. The summed E-state index contributed by atoms with van der Waals surface area (Å²) in [5.41, 5.74) is 2.19. The Hall–Kier alpha value is -1.37. The monoisotopic (exact) mass is 361 g/mol. The average Bonchev–Trinajstić information content (AvgIpc) is 2.49. The molecule has 0 aliphatic carbocycles. The van der Waals surface area contributed by atoms with E-state index in [0.29, 0.717) is 41.8 Å². The Morgan fingerprint density at radius 1 is 1.17 bits per heavy atom. The second kappa shape index (κ2) is 6.26. The summed E-state index contributed by atoms with van der Waals surface area (Å²) in [6.07, 6.45) is -2.78. The quantitative estimate of drug-likeness (QED) is 0.795. The van der Waals surface area contributed by atoms with Crippen LogP contribution in [0.3, 0.4) is 0 Å². The minimum absolute atomic E-state index is 0.461. The molecule has 1 aromatic carbocycles. The van der Waals surface area contributed by atoms with Crippen molar-refractivity contribution in [3.05, 3.63) is 57.1 Å². The number of aromatic nitrogens is 2. The first-order chi connectivity index (χ1) is 10.8. The normalized spacial score (nSPS) is 15.5. The predicted molar refractivity (Wildman–Crippen MR) is 81.3 cm³/mol. The molecule has 0 N–H and O–H groups in total. The fraction of sp³-hybridized carbons (Fsp3) is 0.333. The number of alkyl halides is 3. The lowest BCUT2D eigenvalue weighted by Gasteiger charge is -2.28. The predicted octanol–water partition coefficient (Wildman–Crippen LogP) is 4.36. The SMILES string of the molecule is FC(F)(F)c1ncc2c(n1)CCN(Cc1ccc(Cl)c(Cl)c1)C2. The molecule has 0 spiro atoms. The zero-order chi connectivity index (χ0) is 16.6. The minimum atomic E-state index is -4.51. The Morgan fingerprint density at radius 3 is 2.65 bits per heavy atom. The van der Waals surface area contributed by atoms with Crippen LogP contribution in [0.25, 0.3) is 0 Å². The summed E-state index contributed by atoms with van der Waals surface area (Å²) >= 11 is 11.9. The van der Waals surface area contributed by atoms with Crippen LogP contribution in [0.1, 0.15) is 22.6 Å². The van der Waals surface area contributed by atoms with Crippen molar-refractivity contribution in [2.45, 2.75) is 25.7 Å². The van der Waals surface area contributed by atoms with Gasteiger partial charge in [0.15, 0.2) is 0 Å². The molecule has 3 nitrogen and oxygen atoms in total. The molecule has 3 rings (SSSR count). The standard InChI is InChI=1S/C15H12Cl2F3N3/c16-11-2-1-9(5-12(11)17)7-23-4-3-13-10(8-23)6-21-14(22-13)15(18,19)20/h1-2,5-6H,3-4,7-8H2. The van der Waals surface area contributed by atoms with Gasteiger partial charge in [-0.2, -0.15) is 13.2 Å². The minimum Gasteiger partial charge on any atom is -0.294 e. The summed E-state index contributed by atoms with van der Waals surface area (Å²) in [5.74, 6) is -1.07. The lowest BCUT2D eigenvalue weighted by Crippen LogP contribution is -2.31. The van der Waals surface area contributed by atoms with Gasteiger partial charge in [0.1, 0.15) is 0 Å². The maximum Gasteiger partial charge on any atom is 0.451 e. The topological polar surface area (TPSA) is 29.0 Å². The molecule has 0 fully saturated rings. The van der Waals surface area contributed by atoms with Gasteiger partial charge in [-0.3, -0.25) is 4.90 Å². The number of fused-ring (bicyclic) bond motifs is 1. The molecule has 0 bridgehead atoms. The Kier molecular flexibility index (Phi) is 4.49. The van der Waals surface area contributed by atoms with Crippen molar-refractivity contribution in [1.82, 2.24) is 14.9 Å². The van der Waals surface area contributed by atoms with Crippen LogP contribution in [-0.4, -0.2) is 21.4 Å². The van der Waals surface area contributed by atoms with Gasteiger partial charge in [0.25, 0.3) is 0 Å². The van der Waals surface area contributed by atoms with Gasteiger partial charge in [-0.05, 0) is 17.7 Å². The van der Waals surface area contributed by atoms with Gasteiger partial charge in [0, 0.05) is 37.8 Å². The average molecular weight is 362 g/mol. The maximum atomic E-state index is 12.6. The van der Waals surface area contributed by atoms with Gasteiger partial charge >= 0.3 is 6.18 Å². The van der Waals surface area contributed by atoms with Gasteiger partial charge in [0.05, 0.1) is 15.7 Å². The zero-order valence-electron chi connectivity index (χ0n) is 11.9. The van der Waals surface area contributed by atoms with E-state index >= 15 is 0 Å². The van der Waals surface area contributed by atoms with Crippen LogP contribution in [-0.2, 0) is 25.7 Å². The maximum absolute atomic E-state index is 12.6. The molecule has 8 heteroatoms. The largest absolute Gasteiger partial charge is 0.451 e. The fourth-order valence-corrected chi connectivity index (χ4v) is 2.86. The third-order valence-electron chi connectivity index (χ3n) is 3.66. The number of benzene rings is 1. The van der Waals surface area contributed by atoms with Gasteiger partial charge in [-0.15, -0.1) is 0 Å². The number of rotatable bonds is 2. The summed E-state index contributed by atoms with van der Waals surface area (Å²) in [6, 6.07) is 5.41. The second-order valence-electron chi connectivity index (χ2n) is 5.37. The van der Waals surface area contributed by atoms with Crippen LogP contribution in [0, 0.1) is 0 Å². The van der Waals surface area contributed by atoms with E-state index in [1.165, 1.54) is 6.20 Å². The summed E-state index contributed by atoms with van der Waals surface area (Å²) in [6.45, 7) is 1.77. The van der Waals surface area contributed by atoms with Crippen LogP contribution < -0.4 is 0 Å². The Bertz CT molecular complexity index is 734. The van der Waals surface area contributed by atoms with Gasteiger partial charge in [-0.25, -0.2) is 9.97 Å². The fourth-order valence-electron chi connectivity index (χ4n) is 2.54. The molecule has 2 heterocycles. The van der Waals surface area contributed by atoms with Crippen LogP contribution in [0.2, 0.25) is 10.0 Å². The van der Waals surface area contributed by atoms with E-state index in [1.54, 1.807) is 12.1 Å². The molecule has 1 aliphatic heterocycles. The molecule has 2 aromatic rings. The van der Waals surface area contributed by atoms with Crippen molar-refractivity contribution in [3.63, 3.8) is 0 Å². The van der Waals surface area contributed by atoms with Gasteiger partial charge in [0.2, 0.25) is 5.82 Å². The Morgan fingerprint density at radius 2 is 1.96 bits per heavy atom. The molecule has 0 saturated carbocycles. The van der Waals surface area contributed by atoms with E-state index in [9.17, 15) is 13.2 Å². The highest BCUT2D eigenvalue weighted by molar-refractivity contribution is 6.42. The number of hydrogen-bond donors (Lipinski definition) is 0. The molecule has 1 aliphatic rings. The lowest BCUT2D eigenvalue weighted by atomic mass is 10.1. The first kappa shape index (κ1) is 16.5. The van der Waals surface area contributed by atoms with Gasteiger partial charge in [-0.1, -0.05) is 29.3 Å².